The van der Waals surface area contributed by atoms with E-state index < -0.39 is 4.92 Å². The van der Waals surface area contributed by atoms with Gasteiger partial charge in [0.1, 0.15) is 12.4 Å². The molecule has 10 heteroatoms. The van der Waals surface area contributed by atoms with E-state index in [4.69, 9.17) is 15.2 Å². The molecular formula is C18H18N6O4. The van der Waals surface area contributed by atoms with Gasteiger partial charge < -0.3 is 20.5 Å². The third-order valence-corrected chi connectivity index (χ3v) is 3.73. The first kappa shape index (κ1) is 18.8. The Morgan fingerprint density at radius 1 is 1.14 bits per heavy atom. The summed E-state index contributed by atoms with van der Waals surface area (Å²) in [5, 5.41) is 14.3. The third-order valence-electron chi connectivity index (χ3n) is 3.73. The van der Waals surface area contributed by atoms with Crippen molar-refractivity contribution in [3.8, 4) is 11.5 Å². The van der Waals surface area contributed by atoms with Crippen molar-refractivity contribution in [2.45, 2.75) is 13.5 Å². The van der Waals surface area contributed by atoms with Crippen molar-refractivity contribution in [1.82, 2.24) is 15.0 Å². The molecular weight excluding hydrogens is 364 g/mol. The second kappa shape index (κ2) is 8.16. The minimum Gasteiger partial charge on any atom is -0.496 e. The summed E-state index contributed by atoms with van der Waals surface area (Å²) in [7, 11) is 1.43. The highest BCUT2D eigenvalue weighted by molar-refractivity contribution is 5.54. The molecule has 0 saturated carbocycles. The molecule has 2 aromatic carbocycles. The van der Waals surface area contributed by atoms with Crippen LogP contribution in [-0.4, -0.2) is 27.0 Å². The lowest BCUT2D eigenvalue weighted by atomic mass is 10.2. The second-order valence-corrected chi connectivity index (χ2v) is 5.80. The molecule has 0 saturated heterocycles. The molecule has 0 bridgehead atoms. The number of hydrogen-bond donors (Lipinski definition) is 2. The number of ether oxygens (including phenoxy) is 2. The van der Waals surface area contributed by atoms with Gasteiger partial charge in [-0.2, -0.15) is 15.0 Å². The maximum absolute atomic E-state index is 11.2. The fraction of sp³-hybridized carbons (Fsp3) is 0.167. The smallest absolute Gasteiger partial charge is 0.314 e. The van der Waals surface area contributed by atoms with Gasteiger partial charge >= 0.3 is 5.69 Å². The molecule has 3 aromatic rings. The number of methoxy groups -OCH3 is 1. The molecule has 0 aliphatic heterocycles. The summed E-state index contributed by atoms with van der Waals surface area (Å²) in [6, 6.07) is 11.9. The van der Waals surface area contributed by atoms with Crippen molar-refractivity contribution in [2.75, 3.05) is 18.2 Å². The topological polar surface area (TPSA) is 138 Å². The predicted molar refractivity (Wildman–Crippen MR) is 103 cm³/mol. The number of nitrogen functional groups attached to an aromatic ring is 1. The van der Waals surface area contributed by atoms with Crippen LogP contribution >= 0.6 is 0 Å². The number of aromatic nitrogens is 3. The van der Waals surface area contributed by atoms with Crippen LogP contribution in [0.5, 0.6) is 11.5 Å². The summed E-state index contributed by atoms with van der Waals surface area (Å²) in [6.45, 7) is 1.86. The average molecular weight is 382 g/mol. The van der Waals surface area contributed by atoms with Gasteiger partial charge in [0, 0.05) is 5.69 Å². The van der Waals surface area contributed by atoms with Crippen LogP contribution in [0.25, 0.3) is 0 Å². The Bertz CT molecular complexity index is 994. The molecule has 0 atom stereocenters. The third kappa shape index (κ3) is 4.61. The lowest BCUT2D eigenvalue weighted by molar-refractivity contribution is -0.386. The Balaban J connectivity index is 1.77. The molecule has 0 amide bonds. The standard InChI is InChI=1S/C18H18N6O4/c1-11-3-5-12(6-4-11)20-18-22-16(21-17(19)23-18)10-28-15-8-7-13(27-2)9-14(15)24(25)26/h3-9H,10H2,1-2H3,(H3,19,20,21,22,23). The van der Waals surface area contributed by atoms with Crippen molar-refractivity contribution < 1.29 is 14.4 Å². The van der Waals surface area contributed by atoms with Gasteiger partial charge in [0.05, 0.1) is 18.1 Å². The highest BCUT2D eigenvalue weighted by atomic mass is 16.6. The molecule has 0 fully saturated rings. The molecule has 0 unspecified atom stereocenters. The lowest BCUT2D eigenvalue weighted by Gasteiger charge is -2.09. The van der Waals surface area contributed by atoms with Gasteiger partial charge in [-0.3, -0.25) is 10.1 Å². The first-order chi connectivity index (χ1) is 13.4. The summed E-state index contributed by atoms with van der Waals surface area (Å²) in [4.78, 5) is 23.0. The van der Waals surface area contributed by atoms with Crippen LogP contribution in [0.4, 0.5) is 23.3 Å². The van der Waals surface area contributed by atoms with Gasteiger partial charge in [-0.25, -0.2) is 0 Å². The molecule has 10 nitrogen and oxygen atoms in total. The summed E-state index contributed by atoms with van der Waals surface area (Å²) >= 11 is 0. The number of hydrogen-bond acceptors (Lipinski definition) is 9. The molecule has 28 heavy (non-hydrogen) atoms. The highest BCUT2D eigenvalue weighted by Gasteiger charge is 2.17. The summed E-state index contributed by atoms with van der Waals surface area (Å²) in [5.41, 5.74) is 7.42. The minimum atomic E-state index is -0.552. The van der Waals surface area contributed by atoms with E-state index >= 15 is 0 Å². The van der Waals surface area contributed by atoms with E-state index in [0.29, 0.717) is 5.75 Å². The number of anilines is 3. The summed E-state index contributed by atoms with van der Waals surface area (Å²) in [5.74, 6) is 0.907. The van der Waals surface area contributed by atoms with Crippen LogP contribution in [0.3, 0.4) is 0 Å². The first-order valence-electron chi connectivity index (χ1n) is 8.24. The number of nitrogens with two attached hydrogens (primary N) is 1. The molecule has 0 radical (unpaired) electrons. The van der Waals surface area contributed by atoms with Crippen LogP contribution in [0.2, 0.25) is 0 Å². The van der Waals surface area contributed by atoms with Gasteiger partial charge in [0.2, 0.25) is 11.9 Å². The van der Waals surface area contributed by atoms with Gasteiger partial charge in [-0.15, -0.1) is 0 Å². The second-order valence-electron chi connectivity index (χ2n) is 5.80. The monoisotopic (exact) mass is 382 g/mol. The highest BCUT2D eigenvalue weighted by Crippen LogP contribution is 2.31. The van der Waals surface area contributed by atoms with Gasteiger partial charge in [-0.05, 0) is 31.2 Å². The normalized spacial score (nSPS) is 10.4. The molecule has 1 heterocycles. The molecule has 0 aliphatic carbocycles. The van der Waals surface area contributed by atoms with Crippen molar-refractivity contribution in [1.29, 1.82) is 0 Å². The fourth-order valence-corrected chi connectivity index (χ4v) is 2.36. The number of nitrogens with zero attached hydrogens (tertiary/aromatic N) is 4. The first-order valence-corrected chi connectivity index (χ1v) is 8.24. The van der Waals surface area contributed by atoms with Crippen molar-refractivity contribution >= 4 is 23.3 Å². The Kier molecular flexibility index (Phi) is 5.49. The van der Waals surface area contributed by atoms with Gasteiger partial charge in [-0.1, -0.05) is 17.7 Å². The van der Waals surface area contributed by atoms with Crippen LogP contribution in [0, 0.1) is 17.0 Å². The summed E-state index contributed by atoms with van der Waals surface area (Å²) in [6.07, 6.45) is 0. The Morgan fingerprint density at radius 2 is 1.89 bits per heavy atom. The van der Waals surface area contributed by atoms with Crippen LogP contribution in [0.1, 0.15) is 11.4 Å². The zero-order valence-electron chi connectivity index (χ0n) is 15.2. The van der Waals surface area contributed by atoms with E-state index in [1.807, 2.05) is 31.2 Å². The van der Waals surface area contributed by atoms with E-state index in [1.54, 1.807) is 6.07 Å². The average Bonchev–Trinajstić information content (AvgIpc) is 2.67. The fourth-order valence-electron chi connectivity index (χ4n) is 2.36. The largest absolute Gasteiger partial charge is 0.496 e. The van der Waals surface area contributed by atoms with Crippen LogP contribution in [-0.2, 0) is 6.61 Å². The number of rotatable bonds is 7. The van der Waals surface area contributed by atoms with Crippen LogP contribution in [0.15, 0.2) is 42.5 Å². The van der Waals surface area contributed by atoms with Crippen molar-refractivity contribution in [2.24, 2.45) is 0 Å². The zero-order chi connectivity index (χ0) is 20.1. The summed E-state index contributed by atoms with van der Waals surface area (Å²) < 4.78 is 10.5. The maximum Gasteiger partial charge on any atom is 0.314 e. The number of benzene rings is 2. The molecule has 0 aliphatic rings. The Morgan fingerprint density at radius 3 is 2.57 bits per heavy atom. The van der Waals surface area contributed by atoms with E-state index in [2.05, 4.69) is 20.3 Å². The molecule has 0 spiro atoms. The predicted octanol–water partition coefficient (Wildman–Crippen LogP) is 3.00. The van der Waals surface area contributed by atoms with E-state index in [-0.39, 0.29) is 35.8 Å². The number of nitro benzene ring substituents is 1. The minimum absolute atomic E-state index is 0.00689. The van der Waals surface area contributed by atoms with Gasteiger partial charge in [0.15, 0.2) is 11.6 Å². The van der Waals surface area contributed by atoms with E-state index in [1.165, 1.54) is 19.2 Å². The van der Waals surface area contributed by atoms with Crippen molar-refractivity contribution in [3.05, 3.63) is 64.0 Å². The lowest BCUT2D eigenvalue weighted by Crippen LogP contribution is -2.10. The van der Waals surface area contributed by atoms with E-state index in [9.17, 15) is 10.1 Å². The van der Waals surface area contributed by atoms with Crippen molar-refractivity contribution in [3.63, 3.8) is 0 Å². The van der Waals surface area contributed by atoms with Crippen LogP contribution < -0.4 is 20.5 Å². The molecule has 144 valence electrons. The maximum atomic E-state index is 11.2. The number of nitrogens with one attached hydrogen (secondary N) is 1. The number of aryl methyl sites for hydroxylation is 1. The van der Waals surface area contributed by atoms with Gasteiger partial charge in [0.25, 0.3) is 0 Å². The molecule has 3 rings (SSSR count). The molecule has 1 aromatic heterocycles. The quantitative estimate of drug-likeness (QED) is 0.466. The SMILES string of the molecule is COc1ccc(OCc2nc(N)nc(Nc3ccc(C)cc3)n2)c([N+](=O)[O-])c1. The zero-order valence-corrected chi connectivity index (χ0v) is 15.2. The van der Waals surface area contributed by atoms with E-state index in [0.717, 1.165) is 11.3 Å². The molecule has 3 N–H and O–H groups in total. The Hall–Kier alpha value is -3.95. The Labute approximate surface area is 160 Å². The number of nitro groups is 1.